The molecule has 0 amide bonds. The summed E-state index contributed by atoms with van der Waals surface area (Å²) >= 11 is 0. The minimum atomic E-state index is 0.202. The number of fused-ring (bicyclic) bond motifs is 1. The summed E-state index contributed by atoms with van der Waals surface area (Å²) in [5.74, 6) is 1.03. The summed E-state index contributed by atoms with van der Waals surface area (Å²) in [4.78, 5) is 0. The molecule has 1 heterocycles. The first-order valence-electron chi connectivity index (χ1n) is 6.11. The van der Waals surface area contributed by atoms with Gasteiger partial charge in [-0.25, -0.2) is 0 Å². The van der Waals surface area contributed by atoms with Crippen LogP contribution >= 0.6 is 0 Å². The molecule has 0 spiro atoms. The van der Waals surface area contributed by atoms with Crippen LogP contribution in [-0.2, 0) is 6.61 Å². The van der Waals surface area contributed by atoms with Crippen molar-refractivity contribution in [3.63, 3.8) is 0 Å². The summed E-state index contributed by atoms with van der Waals surface area (Å²) in [6.45, 7) is 2.49. The van der Waals surface area contributed by atoms with E-state index in [1.165, 1.54) is 5.56 Å². The molecule has 0 aliphatic heterocycles. The highest BCUT2D eigenvalue weighted by Crippen LogP contribution is 2.26. The van der Waals surface area contributed by atoms with E-state index in [1.807, 2.05) is 37.3 Å². The van der Waals surface area contributed by atoms with Gasteiger partial charge >= 0.3 is 0 Å². The van der Waals surface area contributed by atoms with Crippen LogP contribution in [-0.4, -0.2) is 5.11 Å². The van der Waals surface area contributed by atoms with E-state index in [9.17, 15) is 5.11 Å². The summed E-state index contributed by atoms with van der Waals surface area (Å²) in [7, 11) is 0. The Balaban J connectivity index is 1.80. The Morgan fingerprint density at radius 3 is 2.68 bits per heavy atom. The molecule has 3 aromatic rings. The largest absolute Gasteiger partial charge is 0.508 e. The molecular weight excluding hydrogens is 240 g/mol. The normalized spacial score (nSPS) is 10.8. The Morgan fingerprint density at radius 1 is 1.11 bits per heavy atom. The van der Waals surface area contributed by atoms with Gasteiger partial charge in [-0.2, -0.15) is 0 Å². The molecule has 1 aromatic heterocycles. The SMILES string of the molecule is Cc1ccc(OCc2coc3cc(O)ccc23)cc1. The van der Waals surface area contributed by atoms with Gasteiger partial charge in [0.1, 0.15) is 23.7 Å². The number of phenols is 1. The lowest BCUT2D eigenvalue weighted by Gasteiger charge is -2.05. The average Bonchev–Trinajstić information content (AvgIpc) is 2.80. The van der Waals surface area contributed by atoms with Crippen LogP contribution in [0.15, 0.2) is 53.1 Å². The second-order valence-corrected chi connectivity index (χ2v) is 4.54. The van der Waals surface area contributed by atoms with Crippen molar-refractivity contribution >= 4 is 11.0 Å². The molecule has 0 radical (unpaired) electrons. The second kappa shape index (κ2) is 4.69. The van der Waals surface area contributed by atoms with Crippen LogP contribution in [0.5, 0.6) is 11.5 Å². The molecule has 19 heavy (non-hydrogen) atoms. The highest BCUT2D eigenvalue weighted by atomic mass is 16.5. The Hall–Kier alpha value is -2.42. The average molecular weight is 254 g/mol. The molecule has 3 nitrogen and oxygen atoms in total. The summed E-state index contributed by atoms with van der Waals surface area (Å²) < 4.78 is 11.1. The molecule has 0 aliphatic carbocycles. The van der Waals surface area contributed by atoms with Crippen LogP contribution in [0.1, 0.15) is 11.1 Å². The number of rotatable bonds is 3. The van der Waals surface area contributed by atoms with E-state index in [1.54, 1.807) is 18.4 Å². The van der Waals surface area contributed by atoms with Gasteiger partial charge in [0.2, 0.25) is 0 Å². The molecule has 0 fully saturated rings. The Bertz CT molecular complexity index is 696. The first kappa shape index (κ1) is 11.7. The zero-order chi connectivity index (χ0) is 13.2. The molecule has 3 heteroatoms. The molecule has 0 unspecified atom stereocenters. The third-order valence-corrected chi connectivity index (χ3v) is 3.05. The molecule has 3 rings (SSSR count). The lowest BCUT2D eigenvalue weighted by molar-refractivity contribution is 0.306. The number of phenolic OH excluding ortho intramolecular Hbond substituents is 1. The van der Waals surface area contributed by atoms with E-state index < -0.39 is 0 Å². The zero-order valence-corrected chi connectivity index (χ0v) is 10.6. The Kier molecular flexibility index (Phi) is 2.88. The monoisotopic (exact) mass is 254 g/mol. The maximum atomic E-state index is 9.38. The number of furan rings is 1. The van der Waals surface area contributed by atoms with E-state index in [0.717, 1.165) is 16.7 Å². The van der Waals surface area contributed by atoms with Crippen molar-refractivity contribution in [3.8, 4) is 11.5 Å². The summed E-state index contributed by atoms with van der Waals surface area (Å²) in [5, 5.41) is 10.3. The Morgan fingerprint density at radius 2 is 1.89 bits per heavy atom. The minimum absolute atomic E-state index is 0.202. The molecule has 0 bridgehead atoms. The van der Waals surface area contributed by atoms with Crippen LogP contribution in [0.4, 0.5) is 0 Å². The van der Waals surface area contributed by atoms with Crippen LogP contribution < -0.4 is 4.74 Å². The second-order valence-electron chi connectivity index (χ2n) is 4.54. The third-order valence-electron chi connectivity index (χ3n) is 3.05. The number of ether oxygens (including phenoxy) is 1. The van der Waals surface area contributed by atoms with Crippen molar-refractivity contribution in [1.29, 1.82) is 0 Å². The van der Waals surface area contributed by atoms with Gasteiger partial charge in [-0.15, -0.1) is 0 Å². The van der Waals surface area contributed by atoms with Gasteiger partial charge in [-0.3, -0.25) is 0 Å². The third kappa shape index (κ3) is 2.40. The molecule has 2 aromatic carbocycles. The highest BCUT2D eigenvalue weighted by molar-refractivity contribution is 5.82. The fraction of sp³-hybridized carbons (Fsp3) is 0.125. The van der Waals surface area contributed by atoms with Crippen molar-refractivity contribution < 1.29 is 14.3 Å². The van der Waals surface area contributed by atoms with Crippen molar-refractivity contribution in [2.75, 3.05) is 0 Å². The smallest absolute Gasteiger partial charge is 0.137 e. The predicted molar refractivity (Wildman–Crippen MR) is 73.4 cm³/mol. The standard InChI is InChI=1S/C16H14O3/c1-11-2-5-14(6-3-11)18-9-12-10-19-16-8-13(17)4-7-15(12)16/h2-8,10,17H,9H2,1H3. The van der Waals surface area contributed by atoms with Gasteiger partial charge in [0.05, 0.1) is 6.26 Å². The van der Waals surface area contributed by atoms with Gasteiger partial charge < -0.3 is 14.3 Å². The van der Waals surface area contributed by atoms with Crippen LogP contribution in [0, 0.1) is 6.92 Å². The number of aromatic hydroxyl groups is 1. The quantitative estimate of drug-likeness (QED) is 0.767. The Labute approximate surface area is 111 Å². The summed E-state index contributed by atoms with van der Waals surface area (Å²) in [6.07, 6.45) is 1.66. The summed E-state index contributed by atoms with van der Waals surface area (Å²) in [5.41, 5.74) is 2.84. The predicted octanol–water partition coefficient (Wildman–Crippen LogP) is 4.03. The fourth-order valence-electron chi connectivity index (χ4n) is 1.98. The number of hydrogen-bond donors (Lipinski definition) is 1. The van der Waals surface area contributed by atoms with Gasteiger partial charge in [0.15, 0.2) is 0 Å². The maximum absolute atomic E-state index is 9.38. The topological polar surface area (TPSA) is 42.6 Å². The first-order valence-corrected chi connectivity index (χ1v) is 6.11. The van der Waals surface area contributed by atoms with Gasteiger partial charge in [-0.1, -0.05) is 17.7 Å². The first-order chi connectivity index (χ1) is 9.22. The molecule has 0 saturated heterocycles. The summed E-state index contributed by atoms with van der Waals surface area (Å²) in [6, 6.07) is 13.0. The van der Waals surface area contributed by atoms with Crippen molar-refractivity contribution in [1.82, 2.24) is 0 Å². The van der Waals surface area contributed by atoms with Crippen molar-refractivity contribution in [2.24, 2.45) is 0 Å². The molecule has 0 atom stereocenters. The molecule has 0 aliphatic rings. The maximum Gasteiger partial charge on any atom is 0.137 e. The lowest BCUT2D eigenvalue weighted by Crippen LogP contribution is -1.94. The molecule has 1 N–H and O–H groups in total. The van der Waals surface area contributed by atoms with Crippen molar-refractivity contribution in [3.05, 3.63) is 59.9 Å². The number of benzene rings is 2. The van der Waals surface area contributed by atoms with E-state index in [4.69, 9.17) is 9.15 Å². The minimum Gasteiger partial charge on any atom is -0.508 e. The van der Waals surface area contributed by atoms with Gasteiger partial charge in [0, 0.05) is 17.0 Å². The van der Waals surface area contributed by atoms with Gasteiger partial charge in [-0.05, 0) is 31.2 Å². The van der Waals surface area contributed by atoms with Crippen molar-refractivity contribution in [2.45, 2.75) is 13.5 Å². The van der Waals surface area contributed by atoms with Crippen LogP contribution in [0.25, 0.3) is 11.0 Å². The highest BCUT2D eigenvalue weighted by Gasteiger charge is 2.07. The molecular formula is C16H14O3. The fourth-order valence-corrected chi connectivity index (χ4v) is 1.98. The molecule has 0 saturated carbocycles. The van der Waals surface area contributed by atoms with Gasteiger partial charge in [0.25, 0.3) is 0 Å². The van der Waals surface area contributed by atoms with Crippen LogP contribution in [0.3, 0.4) is 0 Å². The number of hydrogen-bond acceptors (Lipinski definition) is 3. The van der Waals surface area contributed by atoms with Crippen LogP contribution in [0.2, 0.25) is 0 Å². The van der Waals surface area contributed by atoms with E-state index in [2.05, 4.69) is 0 Å². The molecule has 96 valence electrons. The van der Waals surface area contributed by atoms with E-state index >= 15 is 0 Å². The van der Waals surface area contributed by atoms with E-state index in [-0.39, 0.29) is 5.75 Å². The lowest BCUT2D eigenvalue weighted by atomic mass is 10.2. The number of aryl methyl sites for hydroxylation is 1. The zero-order valence-electron chi connectivity index (χ0n) is 10.6. The van der Waals surface area contributed by atoms with E-state index in [0.29, 0.717) is 12.2 Å².